The van der Waals surface area contributed by atoms with Crippen molar-refractivity contribution in [3.05, 3.63) is 0 Å². The molecule has 0 saturated heterocycles. The zero-order valence-corrected chi connectivity index (χ0v) is 15.9. The summed E-state index contributed by atoms with van der Waals surface area (Å²) in [5.74, 6) is -6.69. The highest BCUT2D eigenvalue weighted by molar-refractivity contribution is 7.90. The highest BCUT2D eigenvalue weighted by Crippen LogP contribution is 2.54. The van der Waals surface area contributed by atoms with Crippen LogP contribution >= 0.6 is 0 Å². The molecule has 0 radical (unpaired) electrons. The van der Waals surface area contributed by atoms with E-state index in [0.717, 1.165) is 0 Å². The van der Waals surface area contributed by atoms with E-state index in [-0.39, 0.29) is 17.5 Å². The number of aliphatic hydroxyl groups excluding tert-OH is 2. The van der Waals surface area contributed by atoms with Gasteiger partial charge in [0.25, 0.3) is 15.7 Å². The average Bonchev–Trinajstić information content (AvgIpc) is 2.58. The molecule has 1 unspecified atom stereocenters. The minimum Gasteiger partial charge on any atom is -0.394 e. The maximum Gasteiger partial charge on any atom is 0.428 e. The molecule has 0 aliphatic carbocycles. The Kier molecular flexibility index (Phi) is 10.2. The van der Waals surface area contributed by atoms with E-state index in [1.165, 1.54) is 0 Å². The molecular weight excluding hydrogens is 450 g/mol. The first-order chi connectivity index (χ1) is 13.0. The fourth-order valence-electron chi connectivity index (χ4n) is 1.79. The number of halogens is 8. The Labute approximate surface area is 161 Å². The third-order valence-electron chi connectivity index (χ3n) is 3.59. The van der Waals surface area contributed by atoms with Crippen LogP contribution in [0.15, 0.2) is 0 Å². The van der Waals surface area contributed by atoms with Crippen LogP contribution in [0.4, 0.5) is 35.1 Å². The van der Waals surface area contributed by atoms with Crippen LogP contribution < -0.4 is 0 Å². The van der Waals surface area contributed by atoms with Crippen molar-refractivity contribution in [1.82, 2.24) is 4.31 Å². The Hall–Kier alpha value is -0.810. The van der Waals surface area contributed by atoms with Crippen molar-refractivity contribution in [2.75, 3.05) is 52.7 Å². The Balaban J connectivity index is 5.86. The minimum atomic E-state index is -6.69. The molecule has 0 aromatic carbocycles. The lowest BCUT2D eigenvalue weighted by molar-refractivity contribution is -0.330. The summed E-state index contributed by atoms with van der Waals surface area (Å²) >= 11 is 0. The van der Waals surface area contributed by atoms with Crippen LogP contribution in [0.25, 0.3) is 0 Å². The molecule has 0 aliphatic rings. The van der Waals surface area contributed by atoms with Crippen molar-refractivity contribution in [2.45, 2.75) is 29.9 Å². The summed E-state index contributed by atoms with van der Waals surface area (Å²) in [5, 5.41) is 10.6. The Bertz CT molecular complexity index is 587. The predicted molar refractivity (Wildman–Crippen MR) is 81.8 cm³/mol. The highest BCUT2D eigenvalue weighted by atomic mass is 32.2. The van der Waals surface area contributed by atoms with Gasteiger partial charge in [-0.1, -0.05) is 0 Å². The van der Waals surface area contributed by atoms with Crippen LogP contribution in [0, 0.1) is 0 Å². The predicted octanol–water partition coefficient (Wildman–Crippen LogP) is 1.15. The van der Waals surface area contributed by atoms with Crippen LogP contribution in [0.2, 0.25) is 0 Å². The topological polar surface area (TPSA) is 96.3 Å². The van der Waals surface area contributed by atoms with Gasteiger partial charge < -0.3 is 19.7 Å². The van der Waals surface area contributed by atoms with Crippen molar-refractivity contribution in [2.24, 2.45) is 0 Å². The lowest BCUT2D eigenvalue weighted by Gasteiger charge is -2.38. The van der Waals surface area contributed by atoms with Crippen LogP contribution in [0.1, 0.15) is 6.92 Å². The number of hydrogen-bond acceptors (Lipinski definition) is 6. The van der Waals surface area contributed by atoms with Gasteiger partial charge in [0.05, 0.1) is 39.6 Å². The second-order valence-electron chi connectivity index (χ2n) is 5.67. The molecule has 0 saturated carbocycles. The van der Waals surface area contributed by atoms with E-state index in [9.17, 15) is 43.5 Å². The van der Waals surface area contributed by atoms with Gasteiger partial charge in [-0.2, -0.15) is 35.0 Å². The average molecular weight is 471 g/mol. The smallest absolute Gasteiger partial charge is 0.394 e. The van der Waals surface area contributed by atoms with Crippen LogP contribution in [-0.2, 0) is 19.5 Å². The second kappa shape index (κ2) is 10.5. The summed E-state index contributed by atoms with van der Waals surface area (Å²) in [6.07, 6.45) is -6.51. The van der Waals surface area contributed by atoms with Crippen LogP contribution in [-0.4, -0.2) is 98.7 Å². The molecule has 0 bridgehead atoms. The van der Waals surface area contributed by atoms with Gasteiger partial charge in [0.15, 0.2) is 0 Å². The minimum absolute atomic E-state index is 0.345. The van der Waals surface area contributed by atoms with E-state index in [2.05, 4.69) is 9.47 Å². The summed E-state index contributed by atoms with van der Waals surface area (Å²) in [4.78, 5) is 0. The zero-order valence-electron chi connectivity index (χ0n) is 15.1. The van der Waals surface area contributed by atoms with Gasteiger partial charge in [0.2, 0.25) is 0 Å². The second-order valence-corrected chi connectivity index (χ2v) is 7.65. The largest absolute Gasteiger partial charge is 0.428 e. The SMILES string of the molecule is CC(F)(C(F)(F)F)C(F)(F)C(F)(F)S(=O)(=O)N(CCOCCO)CCOCCO. The number of rotatable bonds is 14. The zero-order chi connectivity index (χ0) is 23.1. The van der Waals surface area contributed by atoms with E-state index in [1.807, 2.05) is 0 Å². The summed E-state index contributed by atoms with van der Waals surface area (Å²) in [5.41, 5.74) is -5.87. The molecule has 0 heterocycles. The molecule has 0 fully saturated rings. The molecule has 0 rings (SSSR count). The quantitative estimate of drug-likeness (QED) is 0.292. The molecule has 0 aromatic rings. The molecule has 176 valence electrons. The van der Waals surface area contributed by atoms with E-state index in [4.69, 9.17) is 10.2 Å². The maximum atomic E-state index is 14.1. The Morgan fingerprint density at radius 1 is 0.793 bits per heavy atom. The summed E-state index contributed by atoms with van der Waals surface area (Å²) in [6.45, 7) is -6.22. The summed E-state index contributed by atoms with van der Waals surface area (Å²) in [6, 6.07) is 0. The van der Waals surface area contributed by atoms with Gasteiger partial charge in [-0.05, 0) is 6.92 Å². The summed E-state index contributed by atoms with van der Waals surface area (Å²) in [7, 11) is -6.55. The lowest BCUT2D eigenvalue weighted by atomic mass is 9.99. The number of alkyl halides is 8. The van der Waals surface area contributed by atoms with E-state index in [1.54, 1.807) is 0 Å². The molecular formula is C13H21F8NO6S. The molecule has 16 heteroatoms. The standard InChI is InChI=1S/C13H21F8NO6S/c1-10(14,12(17,18)19)11(15,16)13(20,21)29(25,26)22(2-6-27-8-4-23)3-7-28-9-5-24/h23-24H,2-9H2,1H3. The van der Waals surface area contributed by atoms with Gasteiger partial charge >= 0.3 is 17.4 Å². The van der Waals surface area contributed by atoms with E-state index in [0.29, 0.717) is 0 Å². The third kappa shape index (κ3) is 6.10. The van der Waals surface area contributed by atoms with Crippen molar-refractivity contribution < 1.29 is 63.2 Å². The highest BCUT2D eigenvalue weighted by Gasteiger charge is 2.82. The molecule has 0 aliphatic heterocycles. The third-order valence-corrected chi connectivity index (χ3v) is 5.54. The summed E-state index contributed by atoms with van der Waals surface area (Å²) < 4.78 is 140. The number of nitrogens with zero attached hydrogens (tertiary/aromatic N) is 1. The van der Waals surface area contributed by atoms with Crippen molar-refractivity contribution in [1.29, 1.82) is 0 Å². The van der Waals surface area contributed by atoms with Crippen molar-refractivity contribution in [3.8, 4) is 0 Å². The number of hydrogen-bond donors (Lipinski definition) is 2. The van der Waals surface area contributed by atoms with Crippen LogP contribution in [0.5, 0.6) is 0 Å². The normalized spacial score (nSPS) is 16.3. The fraction of sp³-hybridized carbons (Fsp3) is 1.00. The van der Waals surface area contributed by atoms with Crippen molar-refractivity contribution >= 4 is 10.0 Å². The van der Waals surface area contributed by atoms with Gasteiger partial charge in [-0.25, -0.2) is 12.8 Å². The molecule has 2 N–H and O–H groups in total. The molecule has 0 amide bonds. The van der Waals surface area contributed by atoms with Gasteiger partial charge in [-0.15, -0.1) is 0 Å². The number of sulfonamides is 1. The van der Waals surface area contributed by atoms with Gasteiger partial charge in [0.1, 0.15) is 0 Å². The van der Waals surface area contributed by atoms with Gasteiger partial charge in [-0.3, -0.25) is 0 Å². The monoisotopic (exact) mass is 471 g/mol. The first kappa shape index (κ1) is 28.2. The van der Waals surface area contributed by atoms with Gasteiger partial charge in [0, 0.05) is 13.1 Å². The molecule has 1 atom stereocenters. The Morgan fingerprint density at radius 3 is 1.48 bits per heavy atom. The fourth-order valence-corrected chi connectivity index (χ4v) is 3.26. The maximum absolute atomic E-state index is 14.1. The van der Waals surface area contributed by atoms with Crippen molar-refractivity contribution in [3.63, 3.8) is 0 Å². The number of aliphatic hydroxyl groups is 2. The lowest BCUT2D eigenvalue weighted by Crippen LogP contribution is -2.66. The molecule has 0 spiro atoms. The number of ether oxygens (including phenoxy) is 2. The van der Waals surface area contributed by atoms with E-state index < -0.39 is 79.5 Å². The Morgan fingerprint density at radius 2 is 1.17 bits per heavy atom. The molecule has 7 nitrogen and oxygen atoms in total. The first-order valence-corrected chi connectivity index (χ1v) is 9.34. The molecule has 29 heavy (non-hydrogen) atoms. The first-order valence-electron chi connectivity index (χ1n) is 7.90. The molecule has 0 aromatic heterocycles. The van der Waals surface area contributed by atoms with E-state index >= 15 is 0 Å². The van der Waals surface area contributed by atoms with Crippen LogP contribution in [0.3, 0.4) is 0 Å².